The zero-order valence-electron chi connectivity index (χ0n) is 15.1. The fraction of sp³-hybridized carbons (Fsp3) is 0.316. The summed E-state index contributed by atoms with van der Waals surface area (Å²) in [5, 5.41) is 0.400. The third-order valence-corrected chi connectivity index (χ3v) is 5.78. The Bertz CT molecular complexity index is 934. The molecule has 8 heteroatoms. The number of carbonyl (C=O) groups excluding carboxylic acids is 1. The summed E-state index contributed by atoms with van der Waals surface area (Å²) in [7, 11) is -1.82. The van der Waals surface area contributed by atoms with Gasteiger partial charge in [0.05, 0.1) is 11.9 Å². The molecule has 0 aromatic heterocycles. The molecule has 1 atom stereocenters. The number of anilines is 1. The van der Waals surface area contributed by atoms with Gasteiger partial charge in [0.25, 0.3) is 5.91 Å². The highest BCUT2D eigenvalue weighted by molar-refractivity contribution is 7.92. The van der Waals surface area contributed by atoms with E-state index < -0.39 is 16.1 Å². The molecule has 0 fully saturated rings. The molecule has 1 amide bonds. The van der Waals surface area contributed by atoms with Crippen molar-refractivity contribution in [1.29, 1.82) is 0 Å². The lowest BCUT2D eigenvalue weighted by atomic mass is 10.2. The summed E-state index contributed by atoms with van der Waals surface area (Å²) in [5.41, 5.74) is 1.36. The van der Waals surface area contributed by atoms with Crippen LogP contribution in [0.2, 0.25) is 5.02 Å². The number of likely N-dealkylation sites (N-methyl/N-ethyl adjacent to an activating group) is 1. The van der Waals surface area contributed by atoms with Crippen molar-refractivity contribution < 1.29 is 17.9 Å². The second-order valence-corrected chi connectivity index (χ2v) is 8.87. The van der Waals surface area contributed by atoms with E-state index in [-0.39, 0.29) is 18.9 Å². The molecule has 1 heterocycles. The highest BCUT2D eigenvalue weighted by atomic mass is 35.5. The van der Waals surface area contributed by atoms with Gasteiger partial charge in [-0.25, -0.2) is 8.42 Å². The van der Waals surface area contributed by atoms with Crippen LogP contribution in [0.3, 0.4) is 0 Å². The van der Waals surface area contributed by atoms with Gasteiger partial charge in [0, 0.05) is 31.6 Å². The van der Waals surface area contributed by atoms with Crippen molar-refractivity contribution in [2.75, 3.05) is 24.2 Å². The van der Waals surface area contributed by atoms with Gasteiger partial charge in [-0.05, 0) is 23.8 Å². The van der Waals surface area contributed by atoms with Crippen LogP contribution in [0, 0.1) is 0 Å². The molecule has 1 aliphatic heterocycles. The molecular weight excluding hydrogens is 388 g/mol. The number of fused-ring (bicyclic) bond motifs is 1. The Morgan fingerprint density at radius 3 is 2.63 bits per heavy atom. The van der Waals surface area contributed by atoms with Crippen LogP contribution in [-0.2, 0) is 21.4 Å². The van der Waals surface area contributed by atoms with Crippen molar-refractivity contribution in [2.24, 2.45) is 0 Å². The second kappa shape index (κ2) is 7.78. The SMILES string of the molecule is CN(Cc1ccccc1)C(=O)[C@H]1CCN(S(C)(=O)=O)c2cc(Cl)ccc2O1. The Kier molecular flexibility index (Phi) is 5.62. The Morgan fingerprint density at radius 1 is 1.26 bits per heavy atom. The van der Waals surface area contributed by atoms with Gasteiger partial charge in [-0.3, -0.25) is 9.10 Å². The average molecular weight is 409 g/mol. The van der Waals surface area contributed by atoms with E-state index in [9.17, 15) is 13.2 Å². The summed E-state index contributed by atoms with van der Waals surface area (Å²) in [4.78, 5) is 14.5. The maximum absolute atomic E-state index is 12.9. The van der Waals surface area contributed by atoms with Crippen LogP contribution >= 0.6 is 11.6 Å². The summed E-state index contributed by atoms with van der Waals surface area (Å²) in [6, 6.07) is 14.4. The smallest absolute Gasteiger partial charge is 0.263 e. The van der Waals surface area contributed by atoms with E-state index in [0.717, 1.165) is 11.8 Å². The number of benzene rings is 2. The second-order valence-electron chi connectivity index (χ2n) is 6.52. The molecule has 0 radical (unpaired) electrons. The first kappa shape index (κ1) is 19.5. The van der Waals surface area contributed by atoms with Crippen molar-refractivity contribution >= 4 is 33.2 Å². The first-order valence-electron chi connectivity index (χ1n) is 8.48. The predicted molar refractivity (Wildman–Crippen MR) is 106 cm³/mol. The number of halogens is 1. The number of hydrogen-bond donors (Lipinski definition) is 0. The van der Waals surface area contributed by atoms with Crippen LogP contribution in [0.25, 0.3) is 0 Å². The Balaban J connectivity index is 1.84. The number of nitrogens with zero attached hydrogens (tertiary/aromatic N) is 2. The molecule has 0 saturated heterocycles. The van der Waals surface area contributed by atoms with Crippen LogP contribution in [0.15, 0.2) is 48.5 Å². The van der Waals surface area contributed by atoms with E-state index in [1.807, 2.05) is 30.3 Å². The summed E-state index contributed by atoms with van der Waals surface area (Å²) < 4.78 is 31.5. The fourth-order valence-corrected chi connectivity index (χ4v) is 4.15. The van der Waals surface area contributed by atoms with E-state index in [1.54, 1.807) is 30.1 Å². The van der Waals surface area contributed by atoms with Gasteiger partial charge in [0.15, 0.2) is 6.10 Å². The molecule has 2 aromatic rings. The molecule has 6 nitrogen and oxygen atoms in total. The van der Waals surface area contributed by atoms with E-state index in [0.29, 0.717) is 23.0 Å². The molecule has 2 aromatic carbocycles. The van der Waals surface area contributed by atoms with Crippen LogP contribution in [0.1, 0.15) is 12.0 Å². The molecule has 0 saturated carbocycles. The number of sulfonamides is 1. The van der Waals surface area contributed by atoms with Gasteiger partial charge >= 0.3 is 0 Å². The molecule has 1 aliphatic rings. The van der Waals surface area contributed by atoms with Crippen molar-refractivity contribution in [2.45, 2.75) is 19.1 Å². The molecule has 0 bridgehead atoms. The van der Waals surface area contributed by atoms with Gasteiger partial charge in [0.1, 0.15) is 5.75 Å². The summed E-state index contributed by atoms with van der Waals surface area (Å²) in [5.74, 6) is 0.129. The number of ether oxygens (including phenoxy) is 1. The first-order valence-corrected chi connectivity index (χ1v) is 10.7. The Hall–Kier alpha value is -2.25. The van der Waals surface area contributed by atoms with Gasteiger partial charge in [0.2, 0.25) is 10.0 Å². The summed E-state index contributed by atoms with van der Waals surface area (Å²) >= 11 is 6.03. The van der Waals surface area contributed by atoms with Crippen LogP contribution in [0.4, 0.5) is 5.69 Å². The number of carbonyl (C=O) groups is 1. The molecule has 0 aliphatic carbocycles. The zero-order valence-corrected chi connectivity index (χ0v) is 16.7. The summed E-state index contributed by atoms with van der Waals surface area (Å²) in [6.07, 6.45) is 0.601. The topological polar surface area (TPSA) is 66.9 Å². The standard InChI is InChI=1S/C19H21ClN2O4S/c1-21(13-14-6-4-3-5-7-14)19(23)18-10-11-22(27(2,24)25)16-12-15(20)8-9-17(16)26-18/h3-9,12,18H,10-11,13H2,1-2H3/t18-/m1/s1. The number of hydrogen-bond acceptors (Lipinski definition) is 4. The Morgan fingerprint density at radius 2 is 1.96 bits per heavy atom. The van der Waals surface area contributed by atoms with Crippen molar-refractivity contribution in [1.82, 2.24) is 4.90 Å². The van der Waals surface area contributed by atoms with E-state index in [4.69, 9.17) is 16.3 Å². The fourth-order valence-electron chi connectivity index (χ4n) is 3.05. The monoisotopic (exact) mass is 408 g/mol. The lowest BCUT2D eigenvalue weighted by Crippen LogP contribution is -2.40. The highest BCUT2D eigenvalue weighted by Crippen LogP contribution is 2.36. The van der Waals surface area contributed by atoms with E-state index >= 15 is 0 Å². The van der Waals surface area contributed by atoms with Gasteiger partial charge in [-0.15, -0.1) is 0 Å². The first-order chi connectivity index (χ1) is 12.8. The minimum absolute atomic E-state index is 0.141. The molecule has 0 N–H and O–H groups in total. The van der Waals surface area contributed by atoms with Gasteiger partial charge < -0.3 is 9.64 Å². The number of rotatable bonds is 4. The third-order valence-electron chi connectivity index (χ3n) is 4.37. The zero-order chi connectivity index (χ0) is 19.6. The minimum Gasteiger partial charge on any atom is -0.478 e. The largest absolute Gasteiger partial charge is 0.478 e. The summed E-state index contributed by atoms with van der Waals surface area (Å²) in [6.45, 7) is 0.588. The van der Waals surface area contributed by atoms with Crippen molar-refractivity contribution in [3.8, 4) is 5.75 Å². The van der Waals surface area contributed by atoms with E-state index in [1.165, 1.54) is 4.31 Å². The van der Waals surface area contributed by atoms with Crippen LogP contribution in [0.5, 0.6) is 5.75 Å². The minimum atomic E-state index is -3.53. The quantitative estimate of drug-likeness (QED) is 0.780. The van der Waals surface area contributed by atoms with Crippen LogP contribution < -0.4 is 9.04 Å². The molecule has 3 rings (SSSR count). The highest BCUT2D eigenvalue weighted by Gasteiger charge is 2.32. The lowest BCUT2D eigenvalue weighted by Gasteiger charge is -2.23. The van der Waals surface area contributed by atoms with Gasteiger partial charge in [-0.1, -0.05) is 41.9 Å². The van der Waals surface area contributed by atoms with Crippen LogP contribution in [-0.4, -0.2) is 45.2 Å². The lowest BCUT2D eigenvalue weighted by molar-refractivity contribution is -0.138. The van der Waals surface area contributed by atoms with Crippen molar-refractivity contribution in [3.05, 3.63) is 59.1 Å². The molecule has 144 valence electrons. The third kappa shape index (κ3) is 4.54. The average Bonchev–Trinajstić information content (AvgIpc) is 2.81. The van der Waals surface area contributed by atoms with Crippen molar-refractivity contribution in [3.63, 3.8) is 0 Å². The van der Waals surface area contributed by atoms with Gasteiger partial charge in [-0.2, -0.15) is 0 Å². The number of amides is 1. The molecule has 0 spiro atoms. The predicted octanol–water partition coefficient (Wildman–Crippen LogP) is 2.92. The maximum Gasteiger partial charge on any atom is 0.263 e. The maximum atomic E-state index is 12.9. The van der Waals surface area contributed by atoms with E-state index in [2.05, 4.69) is 0 Å². The Labute approximate surface area is 164 Å². The molecule has 0 unspecified atom stereocenters. The molecular formula is C19H21ClN2O4S. The normalized spacial score (nSPS) is 16.9. The molecule has 27 heavy (non-hydrogen) atoms.